The zero-order valence-corrected chi connectivity index (χ0v) is 12.5. The van der Waals surface area contributed by atoms with Crippen LogP contribution in [0.4, 0.5) is 0 Å². The molecule has 0 atom stereocenters. The molecule has 19 heavy (non-hydrogen) atoms. The molecule has 2 aromatic rings. The third-order valence-corrected chi connectivity index (χ3v) is 4.62. The Bertz CT molecular complexity index is 557. The van der Waals surface area contributed by atoms with Crippen LogP contribution in [0.2, 0.25) is 0 Å². The van der Waals surface area contributed by atoms with Crippen molar-refractivity contribution in [1.82, 2.24) is 15.3 Å². The fraction of sp³-hybridized carbons (Fsp3) is 0.417. The largest absolute Gasteiger partial charge is 0.349 e. The van der Waals surface area contributed by atoms with E-state index in [1.165, 1.54) is 16.2 Å². The van der Waals surface area contributed by atoms with E-state index in [1.54, 1.807) is 11.3 Å². The van der Waals surface area contributed by atoms with E-state index in [0.717, 1.165) is 21.4 Å². The van der Waals surface area contributed by atoms with Crippen molar-refractivity contribution in [3.8, 4) is 0 Å². The summed E-state index contributed by atoms with van der Waals surface area (Å²) in [5.74, 6) is -0.0422. The van der Waals surface area contributed by atoms with Crippen LogP contribution in [0.15, 0.2) is 5.38 Å². The molecular weight excluding hydrogens is 280 g/mol. The zero-order chi connectivity index (χ0) is 13.8. The van der Waals surface area contributed by atoms with Crippen LogP contribution >= 0.6 is 22.7 Å². The number of nitrogens with two attached hydrogens (primary N) is 1. The fourth-order valence-corrected chi connectivity index (χ4v) is 3.09. The van der Waals surface area contributed by atoms with Gasteiger partial charge in [-0.1, -0.05) is 0 Å². The number of aromatic nitrogens is 2. The maximum absolute atomic E-state index is 11.8. The van der Waals surface area contributed by atoms with E-state index in [0.29, 0.717) is 19.5 Å². The Morgan fingerprint density at radius 1 is 1.37 bits per heavy atom. The van der Waals surface area contributed by atoms with Crippen LogP contribution in [0.25, 0.3) is 0 Å². The molecule has 5 nitrogen and oxygen atoms in total. The molecule has 0 unspecified atom stereocenters. The number of thiazole rings is 2. The van der Waals surface area contributed by atoms with Gasteiger partial charge < -0.3 is 11.1 Å². The molecule has 3 N–H and O–H groups in total. The van der Waals surface area contributed by atoms with E-state index in [4.69, 9.17) is 5.73 Å². The van der Waals surface area contributed by atoms with Gasteiger partial charge in [0.2, 0.25) is 5.91 Å². The van der Waals surface area contributed by atoms with E-state index < -0.39 is 0 Å². The number of amides is 1. The van der Waals surface area contributed by atoms with Crippen molar-refractivity contribution in [2.75, 3.05) is 0 Å². The number of aryl methyl sites for hydroxylation is 2. The molecule has 0 saturated heterocycles. The number of hydrogen-bond donors (Lipinski definition) is 2. The smallest absolute Gasteiger partial charge is 0.226 e. The molecule has 0 aliphatic heterocycles. The summed E-state index contributed by atoms with van der Waals surface area (Å²) >= 11 is 3.10. The standard InChI is InChI=1S/C12H16N4OS2/c1-7-8(2)19-12(15-7)5-14-10(17)3-9-6-18-11(4-13)16-9/h6H,3-5,13H2,1-2H3,(H,14,17). The molecule has 7 heteroatoms. The lowest BCUT2D eigenvalue weighted by atomic mass is 10.3. The first-order valence-electron chi connectivity index (χ1n) is 5.91. The van der Waals surface area contributed by atoms with E-state index in [2.05, 4.69) is 15.3 Å². The molecule has 0 saturated carbocycles. The van der Waals surface area contributed by atoms with Crippen LogP contribution in [-0.2, 0) is 24.3 Å². The Labute approximate surface area is 119 Å². The number of nitrogens with one attached hydrogen (secondary N) is 1. The number of nitrogens with zero attached hydrogens (tertiary/aromatic N) is 2. The normalized spacial score (nSPS) is 10.7. The summed E-state index contributed by atoms with van der Waals surface area (Å²) < 4.78 is 0. The predicted octanol–water partition coefficient (Wildman–Crippen LogP) is 1.53. The van der Waals surface area contributed by atoms with Gasteiger partial charge in [-0.2, -0.15) is 0 Å². The molecule has 102 valence electrons. The minimum absolute atomic E-state index is 0.0422. The Kier molecular flexibility index (Phi) is 4.62. The maximum Gasteiger partial charge on any atom is 0.226 e. The Morgan fingerprint density at radius 3 is 2.74 bits per heavy atom. The van der Waals surface area contributed by atoms with Gasteiger partial charge in [0.05, 0.1) is 24.4 Å². The molecule has 0 radical (unpaired) electrons. The van der Waals surface area contributed by atoms with Gasteiger partial charge in [-0.3, -0.25) is 4.79 Å². The highest BCUT2D eigenvalue weighted by Gasteiger charge is 2.09. The monoisotopic (exact) mass is 296 g/mol. The van der Waals surface area contributed by atoms with Gasteiger partial charge in [-0.25, -0.2) is 9.97 Å². The molecule has 2 aromatic heterocycles. The van der Waals surface area contributed by atoms with E-state index >= 15 is 0 Å². The fourth-order valence-electron chi connectivity index (χ4n) is 1.54. The topological polar surface area (TPSA) is 80.9 Å². The van der Waals surface area contributed by atoms with Crippen LogP contribution in [0.3, 0.4) is 0 Å². The summed E-state index contributed by atoms with van der Waals surface area (Å²) in [6.07, 6.45) is 0.292. The maximum atomic E-state index is 11.8. The number of carbonyl (C=O) groups excluding carboxylic acids is 1. The minimum atomic E-state index is -0.0422. The Hall–Kier alpha value is -1.31. The summed E-state index contributed by atoms with van der Waals surface area (Å²) in [4.78, 5) is 21.6. The van der Waals surface area contributed by atoms with Crippen molar-refractivity contribution in [2.45, 2.75) is 33.4 Å². The Balaban J connectivity index is 1.84. The predicted molar refractivity (Wildman–Crippen MR) is 77.1 cm³/mol. The lowest BCUT2D eigenvalue weighted by Gasteiger charge is -2.00. The minimum Gasteiger partial charge on any atom is -0.349 e. The SMILES string of the molecule is Cc1nc(CNC(=O)Cc2csc(CN)n2)sc1C. The van der Waals surface area contributed by atoms with Gasteiger partial charge in [0.15, 0.2) is 0 Å². The highest BCUT2D eigenvalue weighted by atomic mass is 32.1. The average molecular weight is 296 g/mol. The summed E-state index contributed by atoms with van der Waals surface area (Å²) in [5.41, 5.74) is 7.29. The van der Waals surface area contributed by atoms with Crippen LogP contribution in [0.1, 0.15) is 26.3 Å². The highest BCUT2D eigenvalue weighted by molar-refractivity contribution is 7.11. The zero-order valence-electron chi connectivity index (χ0n) is 10.9. The summed E-state index contributed by atoms with van der Waals surface area (Å²) in [6.45, 7) is 4.90. The van der Waals surface area contributed by atoms with Gasteiger partial charge in [0.25, 0.3) is 0 Å². The van der Waals surface area contributed by atoms with Crippen molar-refractivity contribution >= 4 is 28.6 Å². The van der Waals surface area contributed by atoms with E-state index in [-0.39, 0.29) is 5.91 Å². The van der Waals surface area contributed by atoms with Gasteiger partial charge >= 0.3 is 0 Å². The van der Waals surface area contributed by atoms with Crippen molar-refractivity contribution in [1.29, 1.82) is 0 Å². The van der Waals surface area contributed by atoms with Gasteiger partial charge in [-0.15, -0.1) is 22.7 Å². The summed E-state index contributed by atoms with van der Waals surface area (Å²) in [5, 5.41) is 6.52. The molecule has 0 fully saturated rings. The van der Waals surface area contributed by atoms with Crippen LogP contribution < -0.4 is 11.1 Å². The molecule has 2 rings (SSSR count). The third kappa shape index (κ3) is 3.82. The lowest BCUT2D eigenvalue weighted by Crippen LogP contribution is -2.24. The van der Waals surface area contributed by atoms with Crippen molar-refractivity contribution in [2.24, 2.45) is 5.73 Å². The van der Waals surface area contributed by atoms with Crippen molar-refractivity contribution in [3.63, 3.8) is 0 Å². The van der Waals surface area contributed by atoms with Crippen LogP contribution in [0.5, 0.6) is 0 Å². The molecule has 0 aromatic carbocycles. The van der Waals surface area contributed by atoms with Gasteiger partial charge in [0, 0.05) is 16.8 Å². The summed E-state index contributed by atoms with van der Waals surface area (Å²) in [7, 11) is 0. The highest BCUT2D eigenvalue weighted by Crippen LogP contribution is 2.16. The first-order valence-corrected chi connectivity index (χ1v) is 7.61. The third-order valence-electron chi connectivity index (χ3n) is 2.63. The second-order valence-corrected chi connectivity index (χ2v) is 6.37. The van der Waals surface area contributed by atoms with E-state index in [9.17, 15) is 4.79 Å². The van der Waals surface area contributed by atoms with Crippen molar-refractivity contribution < 1.29 is 4.79 Å². The molecule has 0 aliphatic rings. The molecular formula is C12H16N4OS2. The number of rotatable bonds is 5. The number of hydrogen-bond acceptors (Lipinski definition) is 6. The molecule has 0 aliphatic carbocycles. The molecule has 0 bridgehead atoms. The van der Waals surface area contributed by atoms with E-state index in [1.807, 2.05) is 19.2 Å². The van der Waals surface area contributed by atoms with Gasteiger partial charge in [-0.05, 0) is 13.8 Å². The lowest BCUT2D eigenvalue weighted by molar-refractivity contribution is -0.120. The summed E-state index contributed by atoms with van der Waals surface area (Å²) in [6, 6.07) is 0. The average Bonchev–Trinajstić information content (AvgIpc) is 2.95. The Morgan fingerprint density at radius 2 is 2.16 bits per heavy atom. The molecule has 2 heterocycles. The first-order chi connectivity index (χ1) is 9.08. The van der Waals surface area contributed by atoms with Crippen molar-refractivity contribution in [3.05, 3.63) is 31.7 Å². The second-order valence-electron chi connectivity index (χ2n) is 4.14. The quantitative estimate of drug-likeness (QED) is 0.877. The van der Waals surface area contributed by atoms with Crippen LogP contribution in [-0.4, -0.2) is 15.9 Å². The van der Waals surface area contributed by atoms with Gasteiger partial charge in [0.1, 0.15) is 10.0 Å². The first kappa shape index (κ1) is 14.1. The second kappa shape index (κ2) is 6.23. The molecule has 1 amide bonds. The van der Waals surface area contributed by atoms with Crippen LogP contribution in [0, 0.1) is 13.8 Å². The molecule has 0 spiro atoms. The number of carbonyl (C=O) groups is 1.